The summed E-state index contributed by atoms with van der Waals surface area (Å²) in [4.78, 5) is 17.2. The number of amides is 1. The van der Waals surface area contributed by atoms with Crippen LogP contribution >= 0.6 is 0 Å². The molecular weight excluding hydrogens is 326 g/mol. The first-order valence-electron chi connectivity index (χ1n) is 9.48. The number of nitrogens with zero attached hydrogens (tertiary/aromatic N) is 5. The molecule has 0 N–H and O–H groups in total. The lowest BCUT2D eigenvalue weighted by Crippen LogP contribution is -2.56. The van der Waals surface area contributed by atoms with E-state index >= 15 is 0 Å². The molecule has 1 fully saturated rings. The zero-order valence-electron chi connectivity index (χ0n) is 16.0. The number of aryl methyl sites for hydroxylation is 2. The molecule has 1 amide bonds. The van der Waals surface area contributed by atoms with E-state index in [9.17, 15) is 4.79 Å². The van der Waals surface area contributed by atoms with E-state index in [1.807, 2.05) is 11.0 Å². The van der Waals surface area contributed by atoms with E-state index < -0.39 is 0 Å². The van der Waals surface area contributed by atoms with Gasteiger partial charge in [-0.1, -0.05) is 49.4 Å². The number of hydrogen-bond acceptors (Lipinski definition) is 4. The Morgan fingerprint density at radius 1 is 1.23 bits per heavy atom. The van der Waals surface area contributed by atoms with E-state index in [-0.39, 0.29) is 11.9 Å². The van der Waals surface area contributed by atoms with Crippen LogP contribution in [0.5, 0.6) is 0 Å². The van der Waals surface area contributed by atoms with Crippen LogP contribution in [0.3, 0.4) is 0 Å². The van der Waals surface area contributed by atoms with Crippen molar-refractivity contribution in [2.75, 3.05) is 26.7 Å². The smallest absolute Gasteiger partial charge is 0.276 e. The number of hydrogen-bond donors (Lipinski definition) is 0. The van der Waals surface area contributed by atoms with E-state index in [0.29, 0.717) is 11.6 Å². The molecule has 1 aromatic heterocycles. The summed E-state index contributed by atoms with van der Waals surface area (Å²) in [5.74, 6) is 0.425. The van der Waals surface area contributed by atoms with Gasteiger partial charge in [0.2, 0.25) is 0 Å². The molecule has 6 heteroatoms. The monoisotopic (exact) mass is 355 g/mol. The lowest BCUT2D eigenvalue weighted by atomic mass is 9.99. The lowest BCUT2D eigenvalue weighted by molar-refractivity contribution is 0.0397. The zero-order valence-corrected chi connectivity index (χ0v) is 16.0. The fraction of sp³-hybridized carbons (Fsp3) is 0.550. The van der Waals surface area contributed by atoms with E-state index in [1.54, 1.807) is 10.9 Å². The summed E-state index contributed by atoms with van der Waals surface area (Å²) < 4.78 is 1.79. The molecule has 1 aromatic carbocycles. The van der Waals surface area contributed by atoms with Crippen LogP contribution in [0.4, 0.5) is 0 Å². The quantitative estimate of drug-likeness (QED) is 0.798. The minimum Gasteiger partial charge on any atom is -0.331 e. The summed E-state index contributed by atoms with van der Waals surface area (Å²) in [5.41, 5.74) is 1.78. The van der Waals surface area contributed by atoms with Crippen LogP contribution in [0, 0.1) is 5.92 Å². The van der Waals surface area contributed by atoms with Gasteiger partial charge >= 0.3 is 0 Å². The molecule has 0 bridgehead atoms. The van der Waals surface area contributed by atoms with Gasteiger partial charge in [-0.05, 0) is 31.4 Å². The van der Waals surface area contributed by atoms with Gasteiger partial charge in [0, 0.05) is 32.2 Å². The molecule has 1 aliphatic rings. The lowest BCUT2D eigenvalue weighted by Gasteiger charge is -2.41. The molecule has 0 aliphatic carbocycles. The third-order valence-electron chi connectivity index (χ3n) is 5.11. The first-order chi connectivity index (χ1) is 12.5. The number of aromatic nitrogens is 3. The standard InChI is InChI=1S/C20H29N5O/c1-16(2)19-15-23(3)12-13-25(19)20(26)18-14-24(22-21-18)11-7-10-17-8-5-4-6-9-17/h4-6,8-9,14,16,19H,7,10-13,15H2,1-3H3/t19-/m1/s1. The first-order valence-corrected chi connectivity index (χ1v) is 9.48. The number of carbonyl (C=O) groups is 1. The van der Waals surface area contributed by atoms with E-state index in [4.69, 9.17) is 0 Å². The predicted molar refractivity (Wildman–Crippen MR) is 102 cm³/mol. The molecule has 0 radical (unpaired) electrons. The van der Waals surface area contributed by atoms with E-state index in [0.717, 1.165) is 39.0 Å². The van der Waals surface area contributed by atoms with Crippen LogP contribution in [-0.4, -0.2) is 63.4 Å². The Labute approximate surface area is 155 Å². The molecule has 2 aromatic rings. The normalized spacial score (nSPS) is 18.5. The molecule has 1 saturated heterocycles. The highest BCUT2D eigenvalue weighted by atomic mass is 16.2. The fourth-order valence-electron chi connectivity index (χ4n) is 3.52. The van der Waals surface area contributed by atoms with Gasteiger partial charge in [0.15, 0.2) is 5.69 Å². The van der Waals surface area contributed by atoms with Crippen molar-refractivity contribution in [2.24, 2.45) is 5.92 Å². The molecule has 140 valence electrons. The summed E-state index contributed by atoms with van der Waals surface area (Å²) in [7, 11) is 2.11. The minimum absolute atomic E-state index is 0.00566. The number of likely N-dealkylation sites (N-methyl/N-ethyl adjacent to an activating group) is 1. The average molecular weight is 355 g/mol. The summed E-state index contributed by atoms with van der Waals surface area (Å²) in [5, 5.41) is 8.29. The van der Waals surface area contributed by atoms with Crippen molar-refractivity contribution in [3.05, 3.63) is 47.8 Å². The van der Waals surface area contributed by atoms with Crippen molar-refractivity contribution in [3.8, 4) is 0 Å². The van der Waals surface area contributed by atoms with Crippen molar-refractivity contribution in [3.63, 3.8) is 0 Å². The van der Waals surface area contributed by atoms with Gasteiger partial charge in [0.05, 0.1) is 6.20 Å². The van der Waals surface area contributed by atoms with Crippen LogP contribution < -0.4 is 0 Å². The van der Waals surface area contributed by atoms with Gasteiger partial charge < -0.3 is 9.80 Å². The molecule has 1 aliphatic heterocycles. The Balaban J connectivity index is 1.58. The van der Waals surface area contributed by atoms with Crippen LogP contribution in [0.25, 0.3) is 0 Å². The summed E-state index contributed by atoms with van der Waals surface area (Å²) in [6.07, 6.45) is 3.77. The number of carbonyl (C=O) groups excluding carboxylic acids is 1. The van der Waals surface area contributed by atoms with Crippen molar-refractivity contribution in [1.82, 2.24) is 24.8 Å². The van der Waals surface area contributed by atoms with Crippen molar-refractivity contribution in [2.45, 2.75) is 39.3 Å². The van der Waals surface area contributed by atoms with Crippen LogP contribution in [0.1, 0.15) is 36.3 Å². The van der Waals surface area contributed by atoms with Crippen molar-refractivity contribution < 1.29 is 4.79 Å². The van der Waals surface area contributed by atoms with Crippen molar-refractivity contribution in [1.29, 1.82) is 0 Å². The maximum Gasteiger partial charge on any atom is 0.276 e. The van der Waals surface area contributed by atoms with Gasteiger partial charge in [0.25, 0.3) is 5.91 Å². The Kier molecular flexibility index (Phi) is 6.04. The Hall–Kier alpha value is -2.21. The summed E-state index contributed by atoms with van der Waals surface area (Å²) >= 11 is 0. The molecule has 2 heterocycles. The average Bonchev–Trinajstić information content (AvgIpc) is 3.11. The summed E-state index contributed by atoms with van der Waals surface area (Å²) in [6.45, 7) is 7.68. The highest BCUT2D eigenvalue weighted by Crippen LogP contribution is 2.18. The maximum absolute atomic E-state index is 12.9. The summed E-state index contributed by atoms with van der Waals surface area (Å²) in [6, 6.07) is 10.6. The van der Waals surface area contributed by atoms with E-state index in [2.05, 4.69) is 60.4 Å². The second-order valence-corrected chi connectivity index (χ2v) is 7.53. The highest BCUT2D eigenvalue weighted by molar-refractivity contribution is 5.92. The molecule has 0 saturated carbocycles. The Morgan fingerprint density at radius 2 is 2.00 bits per heavy atom. The molecule has 1 atom stereocenters. The first kappa shape index (κ1) is 18.6. The van der Waals surface area contributed by atoms with Gasteiger partial charge in [-0.25, -0.2) is 0 Å². The van der Waals surface area contributed by atoms with Crippen LogP contribution in [-0.2, 0) is 13.0 Å². The van der Waals surface area contributed by atoms with Crippen LogP contribution in [0.2, 0.25) is 0 Å². The van der Waals surface area contributed by atoms with E-state index in [1.165, 1.54) is 5.56 Å². The van der Waals surface area contributed by atoms with Gasteiger partial charge in [-0.3, -0.25) is 9.48 Å². The predicted octanol–water partition coefficient (Wildman–Crippen LogP) is 2.32. The second kappa shape index (κ2) is 8.45. The Bertz CT molecular complexity index is 712. The second-order valence-electron chi connectivity index (χ2n) is 7.53. The zero-order chi connectivity index (χ0) is 18.5. The third-order valence-corrected chi connectivity index (χ3v) is 5.11. The number of piperazine rings is 1. The molecule has 26 heavy (non-hydrogen) atoms. The topological polar surface area (TPSA) is 54.3 Å². The van der Waals surface area contributed by atoms with Gasteiger partial charge in [0.1, 0.15) is 0 Å². The molecule has 0 unspecified atom stereocenters. The number of rotatable bonds is 6. The maximum atomic E-state index is 12.9. The molecular formula is C20H29N5O. The third kappa shape index (κ3) is 4.49. The largest absolute Gasteiger partial charge is 0.331 e. The SMILES string of the molecule is CC(C)[C@H]1CN(C)CCN1C(=O)c1cn(CCCc2ccccc2)nn1. The minimum atomic E-state index is 0.00566. The fourth-order valence-corrected chi connectivity index (χ4v) is 3.52. The molecule has 6 nitrogen and oxygen atoms in total. The number of benzene rings is 1. The van der Waals surface area contributed by atoms with Gasteiger partial charge in [-0.15, -0.1) is 5.10 Å². The highest BCUT2D eigenvalue weighted by Gasteiger charge is 2.32. The molecule has 3 rings (SSSR count). The molecule has 0 spiro atoms. The Morgan fingerprint density at radius 3 is 2.73 bits per heavy atom. The van der Waals surface area contributed by atoms with Crippen LogP contribution in [0.15, 0.2) is 36.5 Å². The van der Waals surface area contributed by atoms with Gasteiger partial charge in [-0.2, -0.15) is 0 Å². The van der Waals surface area contributed by atoms with Crippen molar-refractivity contribution >= 4 is 5.91 Å².